The molecule has 1 rings (SSSR count). The number of methoxy groups -OCH3 is 1. The number of unbranched alkanes of at least 4 members (excludes halogenated alkanes) is 1. The van der Waals surface area contributed by atoms with Gasteiger partial charge in [0.2, 0.25) is 5.91 Å². The van der Waals surface area contributed by atoms with Crippen LogP contribution in [0.2, 0.25) is 0 Å². The minimum absolute atomic E-state index is 0.186. The molecule has 102 valence electrons. The van der Waals surface area contributed by atoms with E-state index in [1.54, 1.807) is 18.4 Å². The second kappa shape index (κ2) is 9.36. The zero-order chi connectivity index (χ0) is 13.2. The fraction of sp³-hybridized carbons (Fsp3) is 0.615. The Morgan fingerprint density at radius 1 is 1.50 bits per heavy atom. The number of halogens is 1. The summed E-state index contributed by atoms with van der Waals surface area (Å²) in [6, 6.07) is 4.06. The number of carbonyl (C=O) groups is 1. The number of ether oxygens (including phenoxy) is 1. The first-order valence-corrected chi connectivity index (χ1v) is 7.54. The number of hydrogen-bond acceptors (Lipinski definition) is 3. The lowest BCUT2D eigenvalue weighted by Crippen LogP contribution is -2.33. The number of nitrogens with zero attached hydrogens (tertiary/aromatic N) is 1. The Morgan fingerprint density at radius 3 is 2.94 bits per heavy atom. The molecule has 0 aliphatic carbocycles. The molecule has 1 amide bonds. The van der Waals surface area contributed by atoms with Gasteiger partial charge in [-0.1, -0.05) is 6.07 Å². The first-order chi connectivity index (χ1) is 8.77. The summed E-state index contributed by atoms with van der Waals surface area (Å²) < 4.78 is 5.06. The van der Waals surface area contributed by atoms with E-state index in [-0.39, 0.29) is 5.91 Å². The highest BCUT2D eigenvalue weighted by Crippen LogP contribution is 2.13. The van der Waals surface area contributed by atoms with Crippen molar-refractivity contribution in [3.63, 3.8) is 0 Å². The van der Waals surface area contributed by atoms with E-state index in [4.69, 9.17) is 16.3 Å². The van der Waals surface area contributed by atoms with Crippen molar-refractivity contribution in [3.8, 4) is 0 Å². The van der Waals surface area contributed by atoms with Crippen molar-refractivity contribution in [2.45, 2.75) is 25.8 Å². The van der Waals surface area contributed by atoms with E-state index < -0.39 is 0 Å². The number of hydrogen-bond donors (Lipinski definition) is 0. The average Bonchev–Trinajstić information content (AvgIpc) is 2.87. The van der Waals surface area contributed by atoms with Gasteiger partial charge in [0, 0.05) is 30.8 Å². The Bertz CT molecular complexity index is 330. The van der Waals surface area contributed by atoms with Crippen LogP contribution in [0.5, 0.6) is 0 Å². The molecule has 0 aromatic carbocycles. The van der Waals surface area contributed by atoms with E-state index >= 15 is 0 Å². The van der Waals surface area contributed by atoms with Crippen LogP contribution in [-0.4, -0.2) is 36.9 Å². The zero-order valence-corrected chi connectivity index (χ0v) is 12.3. The van der Waals surface area contributed by atoms with Gasteiger partial charge >= 0.3 is 0 Å². The average molecular weight is 290 g/mol. The van der Waals surface area contributed by atoms with Crippen LogP contribution in [0, 0.1) is 0 Å². The summed E-state index contributed by atoms with van der Waals surface area (Å²) in [4.78, 5) is 15.2. The third-order valence-electron chi connectivity index (χ3n) is 2.62. The standard InChI is InChI=1S/C13H20ClNO2S/c1-17-9-8-15(11-12-5-4-10-18-12)13(16)6-2-3-7-14/h4-5,10H,2-3,6-9,11H2,1H3. The quantitative estimate of drug-likeness (QED) is 0.516. The lowest BCUT2D eigenvalue weighted by atomic mass is 10.2. The molecule has 0 spiro atoms. The molecule has 1 aromatic heterocycles. The Labute approximate surface area is 118 Å². The second-order valence-corrected chi connectivity index (χ2v) is 5.44. The topological polar surface area (TPSA) is 29.5 Å². The van der Waals surface area contributed by atoms with Crippen molar-refractivity contribution in [2.75, 3.05) is 26.1 Å². The molecule has 5 heteroatoms. The van der Waals surface area contributed by atoms with Gasteiger partial charge in [-0.05, 0) is 24.3 Å². The van der Waals surface area contributed by atoms with Crippen molar-refractivity contribution in [1.29, 1.82) is 0 Å². The van der Waals surface area contributed by atoms with Gasteiger partial charge in [-0.25, -0.2) is 0 Å². The van der Waals surface area contributed by atoms with Gasteiger partial charge in [-0.15, -0.1) is 22.9 Å². The van der Waals surface area contributed by atoms with Gasteiger partial charge in [-0.3, -0.25) is 4.79 Å². The minimum Gasteiger partial charge on any atom is -0.383 e. The fourth-order valence-corrected chi connectivity index (χ4v) is 2.52. The zero-order valence-electron chi connectivity index (χ0n) is 10.7. The Morgan fingerprint density at radius 2 is 2.33 bits per heavy atom. The van der Waals surface area contributed by atoms with Crippen LogP contribution in [-0.2, 0) is 16.1 Å². The van der Waals surface area contributed by atoms with E-state index in [1.165, 1.54) is 4.88 Å². The van der Waals surface area contributed by atoms with Gasteiger partial charge in [0.1, 0.15) is 0 Å². The summed E-state index contributed by atoms with van der Waals surface area (Å²) in [7, 11) is 1.65. The summed E-state index contributed by atoms with van der Waals surface area (Å²) in [5.74, 6) is 0.807. The molecule has 0 atom stereocenters. The molecule has 18 heavy (non-hydrogen) atoms. The highest BCUT2D eigenvalue weighted by atomic mass is 35.5. The number of amides is 1. The molecule has 0 saturated heterocycles. The van der Waals surface area contributed by atoms with Gasteiger partial charge in [-0.2, -0.15) is 0 Å². The molecule has 0 radical (unpaired) electrons. The first kappa shape index (κ1) is 15.5. The molecular weight excluding hydrogens is 270 g/mol. The highest BCUT2D eigenvalue weighted by molar-refractivity contribution is 7.09. The van der Waals surface area contributed by atoms with E-state index in [0.717, 1.165) is 12.8 Å². The lowest BCUT2D eigenvalue weighted by molar-refractivity contribution is -0.132. The molecule has 0 bridgehead atoms. The first-order valence-electron chi connectivity index (χ1n) is 6.13. The van der Waals surface area contributed by atoms with Crippen LogP contribution in [0.15, 0.2) is 17.5 Å². The van der Waals surface area contributed by atoms with Gasteiger partial charge in [0.25, 0.3) is 0 Å². The molecule has 0 N–H and O–H groups in total. The molecule has 0 fully saturated rings. The van der Waals surface area contributed by atoms with E-state index in [0.29, 0.717) is 32.0 Å². The maximum atomic E-state index is 12.1. The fourth-order valence-electron chi connectivity index (χ4n) is 1.61. The lowest BCUT2D eigenvalue weighted by Gasteiger charge is -2.21. The largest absolute Gasteiger partial charge is 0.383 e. The van der Waals surface area contributed by atoms with Gasteiger partial charge in [0.15, 0.2) is 0 Å². The number of thiophene rings is 1. The van der Waals surface area contributed by atoms with Crippen LogP contribution >= 0.6 is 22.9 Å². The molecule has 3 nitrogen and oxygen atoms in total. The molecule has 0 saturated carbocycles. The van der Waals surface area contributed by atoms with Crippen LogP contribution in [0.4, 0.5) is 0 Å². The van der Waals surface area contributed by atoms with E-state index in [2.05, 4.69) is 6.07 Å². The monoisotopic (exact) mass is 289 g/mol. The Kier molecular flexibility index (Phi) is 8.05. The van der Waals surface area contributed by atoms with Crippen molar-refractivity contribution < 1.29 is 9.53 Å². The summed E-state index contributed by atoms with van der Waals surface area (Å²) in [5.41, 5.74) is 0. The smallest absolute Gasteiger partial charge is 0.222 e. The molecule has 0 aliphatic rings. The maximum Gasteiger partial charge on any atom is 0.222 e. The van der Waals surface area contributed by atoms with E-state index in [1.807, 2.05) is 16.3 Å². The highest BCUT2D eigenvalue weighted by Gasteiger charge is 2.13. The van der Waals surface area contributed by atoms with Crippen molar-refractivity contribution in [2.24, 2.45) is 0 Å². The van der Waals surface area contributed by atoms with Gasteiger partial charge < -0.3 is 9.64 Å². The number of alkyl halides is 1. The molecule has 0 unspecified atom stereocenters. The van der Waals surface area contributed by atoms with Crippen LogP contribution in [0.25, 0.3) is 0 Å². The van der Waals surface area contributed by atoms with Gasteiger partial charge in [0.05, 0.1) is 13.2 Å². The molecule has 0 aliphatic heterocycles. The second-order valence-electron chi connectivity index (χ2n) is 4.03. The summed E-state index contributed by atoms with van der Waals surface area (Å²) in [6.07, 6.45) is 2.32. The van der Waals surface area contributed by atoms with Crippen molar-refractivity contribution in [3.05, 3.63) is 22.4 Å². The maximum absolute atomic E-state index is 12.1. The molecular formula is C13H20ClNO2S. The summed E-state index contributed by atoms with van der Waals surface area (Å²) in [6.45, 7) is 1.90. The molecule has 1 heterocycles. The third-order valence-corrected chi connectivity index (χ3v) is 3.75. The van der Waals surface area contributed by atoms with Crippen molar-refractivity contribution >= 4 is 28.8 Å². The minimum atomic E-state index is 0.186. The summed E-state index contributed by atoms with van der Waals surface area (Å²) in [5, 5.41) is 2.03. The predicted molar refractivity (Wildman–Crippen MR) is 76.2 cm³/mol. The Balaban J connectivity index is 2.45. The number of carbonyl (C=O) groups excluding carboxylic acids is 1. The molecule has 1 aromatic rings. The van der Waals surface area contributed by atoms with E-state index in [9.17, 15) is 4.79 Å². The SMILES string of the molecule is COCCN(Cc1cccs1)C(=O)CCCCCl. The number of rotatable bonds is 9. The Hall–Kier alpha value is -0.580. The van der Waals surface area contributed by atoms with Crippen LogP contribution < -0.4 is 0 Å². The van der Waals surface area contributed by atoms with Crippen LogP contribution in [0.1, 0.15) is 24.1 Å². The summed E-state index contributed by atoms with van der Waals surface area (Å²) >= 11 is 7.29. The predicted octanol–water partition coefficient (Wildman–Crippen LogP) is 3.13. The van der Waals surface area contributed by atoms with Crippen molar-refractivity contribution in [1.82, 2.24) is 4.90 Å². The van der Waals surface area contributed by atoms with Crippen LogP contribution in [0.3, 0.4) is 0 Å². The third kappa shape index (κ3) is 5.85. The normalized spacial score (nSPS) is 10.6.